The molecule has 3 aromatic carbocycles. The van der Waals surface area contributed by atoms with E-state index >= 15 is 0 Å². The van der Waals surface area contributed by atoms with Crippen LogP contribution in [0.5, 0.6) is 5.75 Å². The van der Waals surface area contributed by atoms with Crippen molar-refractivity contribution in [2.24, 2.45) is 0 Å². The zero-order valence-electron chi connectivity index (χ0n) is 12.1. The molecule has 2 nitrogen and oxygen atoms in total. The number of benzene rings is 3. The molecule has 0 saturated carbocycles. The molecule has 0 heterocycles. The smallest absolute Gasteiger partial charge is 0.214 e. The zero-order valence-corrected chi connectivity index (χ0v) is 12.1. The SMILES string of the molecule is O=CC(Oc1ccccc1)(c1ccccc1)c1ccccc1. The number of hydrogen-bond acceptors (Lipinski definition) is 2. The van der Waals surface area contributed by atoms with Crippen molar-refractivity contribution in [2.75, 3.05) is 0 Å². The highest BCUT2D eigenvalue weighted by molar-refractivity contribution is 5.73. The minimum absolute atomic E-state index is 0.655. The maximum Gasteiger partial charge on any atom is 0.214 e. The van der Waals surface area contributed by atoms with E-state index in [0.29, 0.717) is 5.75 Å². The number of carbonyl (C=O) groups is 1. The van der Waals surface area contributed by atoms with E-state index in [-0.39, 0.29) is 0 Å². The van der Waals surface area contributed by atoms with Crippen LogP contribution in [0.3, 0.4) is 0 Å². The summed E-state index contributed by atoms with van der Waals surface area (Å²) < 4.78 is 6.16. The summed E-state index contributed by atoms with van der Waals surface area (Å²) in [5.74, 6) is 0.655. The lowest BCUT2D eigenvalue weighted by Crippen LogP contribution is -2.36. The Balaban J connectivity index is 2.15. The average Bonchev–Trinajstić information content (AvgIpc) is 2.62. The van der Waals surface area contributed by atoms with E-state index in [1.54, 1.807) is 0 Å². The lowest BCUT2D eigenvalue weighted by Gasteiger charge is -2.30. The highest BCUT2D eigenvalue weighted by Crippen LogP contribution is 2.33. The van der Waals surface area contributed by atoms with E-state index in [4.69, 9.17) is 4.74 Å². The first-order valence-electron chi connectivity index (χ1n) is 7.16. The fourth-order valence-electron chi connectivity index (χ4n) is 2.49. The van der Waals surface area contributed by atoms with E-state index in [1.807, 2.05) is 91.0 Å². The molecule has 0 aliphatic rings. The van der Waals surface area contributed by atoms with Crippen LogP contribution in [0.25, 0.3) is 0 Å². The number of aldehydes is 1. The number of carbonyl (C=O) groups excluding carboxylic acids is 1. The first kappa shape index (κ1) is 14.1. The van der Waals surface area contributed by atoms with Crippen molar-refractivity contribution in [3.05, 3.63) is 102 Å². The van der Waals surface area contributed by atoms with Crippen molar-refractivity contribution in [2.45, 2.75) is 5.60 Å². The summed E-state index contributed by atoms with van der Waals surface area (Å²) in [5, 5.41) is 0. The highest BCUT2D eigenvalue weighted by atomic mass is 16.5. The van der Waals surface area contributed by atoms with E-state index in [1.165, 1.54) is 0 Å². The maximum absolute atomic E-state index is 12.1. The zero-order chi connectivity index (χ0) is 15.3. The van der Waals surface area contributed by atoms with Crippen LogP contribution in [-0.2, 0) is 10.4 Å². The standard InChI is InChI=1S/C20H16O2/c21-16-20(17-10-4-1-5-11-17,18-12-6-2-7-13-18)22-19-14-8-3-9-15-19/h1-16H. The first-order valence-corrected chi connectivity index (χ1v) is 7.16. The summed E-state index contributed by atoms with van der Waals surface area (Å²) in [4.78, 5) is 12.1. The van der Waals surface area contributed by atoms with Crippen molar-refractivity contribution >= 4 is 6.29 Å². The van der Waals surface area contributed by atoms with E-state index in [2.05, 4.69) is 0 Å². The van der Waals surface area contributed by atoms with Crippen LogP contribution in [0.1, 0.15) is 11.1 Å². The topological polar surface area (TPSA) is 26.3 Å². The summed E-state index contributed by atoms with van der Waals surface area (Å²) in [7, 11) is 0. The Morgan fingerprint density at radius 2 is 1.05 bits per heavy atom. The van der Waals surface area contributed by atoms with Crippen LogP contribution < -0.4 is 4.74 Å². The van der Waals surface area contributed by atoms with Gasteiger partial charge < -0.3 is 4.74 Å². The molecule has 0 aromatic heterocycles. The van der Waals surface area contributed by atoms with Gasteiger partial charge in [0.2, 0.25) is 5.60 Å². The van der Waals surface area contributed by atoms with Gasteiger partial charge in [-0.05, 0) is 12.1 Å². The molecule has 3 aromatic rings. The maximum atomic E-state index is 12.1. The predicted molar refractivity (Wildman–Crippen MR) is 86.8 cm³/mol. The van der Waals surface area contributed by atoms with Crippen molar-refractivity contribution in [3.8, 4) is 5.75 Å². The molecule has 0 aliphatic carbocycles. The summed E-state index contributed by atoms with van der Waals surface area (Å²) in [6, 6.07) is 28.5. The molecule has 0 atom stereocenters. The van der Waals surface area contributed by atoms with E-state index in [0.717, 1.165) is 17.4 Å². The first-order chi connectivity index (χ1) is 10.8. The van der Waals surface area contributed by atoms with Gasteiger partial charge in [0.05, 0.1) is 0 Å². The predicted octanol–water partition coefficient (Wildman–Crippen LogP) is 4.21. The van der Waals surface area contributed by atoms with E-state index in [9.17, 15) is 4.79 Å². The third-order valence-corrected chi connectivity index (χ3v) is 3.59. The van der Waals surface area contributed by atoms with Crippen LogP contribution in [0.15, 0.2) is 91.0 Å². The van der Waals surface area contributed by atoms with E-state index < -0.39 is 5.60 Å². The van der Waals surface area contributed by atoms with Crippen LogP contribution in [0.4, 0.5) is 0 Å². The molecular formula is C20H16O2. The monoisotopic (exact) mass is 288 g/mol. The van der Waals surface area contributed by atoms with Gasteiger partial charge in [0.25, 0.3) is 0 Å². The Labute approximate surface area is 130 Å². The Kier molecular flexibility index (Phi) is 4.01. The van der Waals surface area contributed by atoms with Gasteiger partial charge in [-0.15, -0.1) is 0 Å². The molecule has 0 fully saturated rings. The number of hydrogen-bond donors (Lipinski definition) is 0. The number of para-hydroxylation sites is 1. The quantitative estimate of drug-likeness (QED) is 0.657. The fraction of sp³-hybridized carbons (Fsp3) is 0.0500. The van der Waals surface area contributed by atoms with Gasteiger partial charge in [-0.25, -0.2) is 0 Å². The molecule has 0 radical (unpaired) electrons. The molecule has 3 rings (SSSR count). The Morgan fingerprint density at radius 3 is 1.45 bits per heavy atom. The normalized spacial score (nSPS) is 10.9. The summed E-state index contributed by atoms with van der Waals surface area (Å²) in [6.45, 7) is 0. The summed E-state index contributed by atoms with van der Waals surface area (Å²) in [6.07, 6.45) is 0.866. The van der Waals surface area contributed by atoms with Crippen molar-refractivity contribution in [3.63, 3.8) is 0 Å². The minimum Gasteiger partial charge on any atom is -0.470 e. The third-order valence-electron chi connectivity index (χ3n) is 3.59. The largest absolute Gasteiger partial charge is 0.470 e. The Hall–Kier alpha value is -2.87. The Bertz CT molecular complexity index is 682. The van der Waals surface area contributed by atoms with Gasteiger partial charge >= 0.3 is 0 Å². The molecule has 22 heavy (non-hydrogen) atoms. The molecule has 2 heteroatoms. The van der Waals surface area contributed by atoms with Gasteiger partial charge in [0.15, 0.2) is 6.29 Å². The summed E-state index contributed by atoms with van der Waals surface area (Å²) >= 11 is 0. The van der Waals surface area contributed by atoms with Crippen LogP contribution >= 0.6 is 0 Å². The van der Waals surface area contributed by atoms with Gasteiger partial charge in [0, 0.05) is 11.1 Å². The molecule has 0 saturated heterocycles. The van der Waals surface area contributed by atoms with Gasteiger partial charge in [-0.1, -0.05) is 78.9 Å². The molecule has 0 N–H and O–H groups in total. The van der Waals surface area contributed by atoms with Crippen molar-refractivity contribution in [1.82, 2.24) is 0 Å². The highest BCUT2D eigenvalue weighted by Gasteiger charge is 2.36. The second-order valence-corrected chi connectivity index (χ2v) is 5.00. The second-order valence-electron chi connectivity index (χ2n) is 5.00. The Morgan fingerprint density at radius 1 is 0.636 bits per heavy atom. The van der Waals surface area contributed by atoms with Crippen molar-refractivity contribution < 1.29 is 9.53 Å². The van der Waals surface area contributed by atoms with Crippen LogP contribution in [0.2, 0.25) is 0 Å². The van der Waals surface area contributed by atoms with Crippen molar-refractivity contribution in [1.29, 1.82) is 0 Å². The molecule has 0 spiro atoms. The molecule has 108 valence electrons. The second kappa shape index (κ2) is 6.27. The molecule has 0 aliphatic heterocycles. The van der Waals surface area contributed by atoms with Gasteiger partial charge in [-0.3, -0.25) is 4.79 Å². The summed E-state index contributed by atoms with van der Waals surface area (Å²) in [5.41, 5.74) is 0.462. The molecule has 0 unspecified atom stereocenters. The lowest BCUT2D eigenvalue weighted by molar-refractivity contribution is -0.119. The number of ether oxygens (including phenoxy) is 1. The van der Waals surface area contributed by atoms with Crippen LogP contribution in [0, 0.1) is 0 Å². The molecule has 0 bridgehead atoms. The average molecular weight is 288 g/mol. The number of rotatable bonds is 5. The van der Waals surface area contributed by atoms with Gasteiger partial charge in [0.1, 0.15) is 5.75 Å². The minimum atomic E-state index is -1.15. The molecular weight excluding hydrogens is 272 g/mol. The lowest BCUT2D eigenvalue weighted by atomic mass is 9.87. The fourth-order valence-corrected chi connectivity index (χ4v) is 2.49. The third kappa shape index (κ3) is 2.63. The van der Waals surface area contributed by atoms with Gasteiger partial charge in [-0.2, -0.15) is 0 Å². The van der Waals surface area contributed by atoms with Crippen LogP contribution in [-0.4, -0.2) is 6.29 Å². The molecule has 0 amide bonds.